The van der Waals surface area contributed by atoms with Gasteiger partial charge in [0.05, 0.1) is 59.3 Å². The van der Waals surface area contributed by atoms with E-state index < -0.39 is 47.4 Å². The van der Waals surface area contributed by atoms with Gasteiger partial charge in [-0.05, 0) is 87.8 Å². The summed E-state index contributed by atoms with van der Waals surface area (Å²) in [5, 5.41) is 24.8. The summed E-state index contributed by atoms with van der Waals surface area (Å²) in [5.74, 6) is -2.61. The summed E-state index contributed by atoms with van der Waals surface area (Å²) in [6.07, 6.45) is 3.34. The zero-order valence-corrected chi connectivity index (χ0v) is 36.9. The molecule has 0 aromatic carbocycles. The Balaban J connectivity index is 5.26. The first-order valence-electron chi connectivity index (χ1n) is 21.1. The van der Waals surface area contributed by atoms with Crippen molar-refractivity contribution in [3.05, 3.63) is 41.8 Å². The Morgan fingerprint density at radius 3 is 1.30 bits per heavy atom. The first kappa shape index (κ1) is 57.4. The number of hydrogen-bond acceptors (Lipinski definition) is 14. The maximum Gasteiger partial charge on any atom is 0.308 e. The Morgan fingerprint density at radius 1 is 0.492 bits per heavy atom. The average Bonchev–Trinajstić information content (AvgIpc) is 3.24. The van der Waals surface area contributed by atoms with Crippen molar-refractivity contribution < 1.29 is 47.7 Å². The molecule has 0 bridgehead atoms. The van der Waals surface area contributed by atoms with Gasteiger partial charge in [-0.1, -0.05) is 39.7 Å². The molecule has 0 unspecified atom stereocenters. The predicted octanol–water partition coefficient (Wildman–Crippen LogP) is 4.89. The van der Waals surface area contributed by atoms with Crippen LogP contribution >= 0.6 is 0 Å². The highest BCUT2D eigenvalue weighted by Crippen LogP contribution is 2.10. The van der Waals surface area contributed by atoms with Crippen LogP contribution in [0.2, 0.25) is 0 Å². The normalized spacial score (nSPS) is 12.1. The second-order valence-electron chi connectivity index (χ2n) is 14.7. The van der Waals surface area contributed by atoms with E-state index in [1.54, 1.807) is 20.8 Å². The first-order valence-corrected chi connectivity index (χ1v) is 21.1. The third-order valence-corrected chi connectivity index (χ3v) is 8.37. The Bertz CT molecular complexity index is 1530. The summed E-state index contributed by atoms with van der Waals surface area (Å²) in [4.78, 5) is 76.0. The van der Waals surface area contributed by atoms with Crippen LogP contribution in [0.25, 0.3) is 41.8 Å². The van der Waals surface area contributed by atoms with Gasteiger partial charge >= 0.3 is 5.97 Å². The molecule has 4 amide bonds. The molecular weight excluding hydrogens is 829 g/mol. The second-order valence-corrected chi connectivity index (χ2v) is 14.7. The molecule has 0 spiro atoms. The van der Waals surface area contributed by atoms with E-state index in [2.05, 4.69) is 61.4 Å². The highest BCUT2D eigenvalue weighted by Gasteiger charge is 2.29. The molecule has 4 N–H and O–H groups in total. The fourth-order valence-corrected chi connectivity index (χ4v) is 5.38. The lowest BCUT2D eigenvalue weighted by Crippen LogP contribution is -2.56. The smallest absolute Gasteiger partial charge is 0.308 e. The van der Waals surface area contributed by atoms with Gasteiger partial charge in [0, 0.05) is 58.8 Å². The van der Waals surface area contributed by atoms with Gasteiger partial charge in [0.1, 0.15) is 23.7 Å². The number of azide groups is 4. The monoisotopic (exact) mass is 895 g/mol. The van der Waals surface area contributed by atoms with Gasteiger partial charge < -0.3 is 45.0 Å². The molecular formula is C37H66N16O10. The summed E-state index contributed by atoms with van der Waals surface area (Å²) in [6.45, 7) is 8.37. The number of hydrogen-bond donors (Lipinski definition) is 4. The molecule has 26 heteroatoms. The number of carbonyl (C=O) groups excluding carboxylic acids is 5. The van der Waals surface area contributed by atoms with E-state index >= 15 is 0 Å². The van der Waals surface area contributed by atoms with Crippen molar-refractivity contribution in [1.29, 1.82) is 0 Å². The van der Waals surface area contributed by atoms with Gasteiger partial charge in [-0.2, -0.15) is 0 Å². The summed E-state index contributed by atoms with van der Waals surface area (Å²) in [6, 6.07) is -3.24. The van der Waals surface area contributed by atoms with Crippen LogP contribution in [0, 0.1) is 0 Å². The molecule has 0 heterocycles. The number of rotatable bonds is 40. The van der Waals surface area contributed by atoms with E-state index in [0.717, 1.165) is 0 Å². The Labute approximate surface area is 367 Å². The van der Waals surface area contributed by atoms with Gasteiger partial charge in [-0.15, -0.1) is 0 Å². The van der Waals surface area contributed by atoms with Gasteiger partial charge in [-0.25, -0.2) is 0 Å². The number of unbranched alkanes of at least 4 members (excludes halogenated alkanes) is 3. The minimum absolute atomic E-state index is 0.0190. The van der Waals surface area contributed by atoms with Crippen molar-refractivity contribution >= 4 is 29.6 Å². The molecule has 0 rings (SSSR count). The largest absolute Gasteiger partial charge is 0.460 e. The van der Waals surface area contributed by atoms with Crippen molar-refractivity contribution in [3.8, 4) is 0 Å². The average molecular weight is 895 g/mol. The highest BCUT2D eigenvalue weighted by atomic mass is 16.6. The molecule has 354 valence electrons. The number of esters is 1. The van der Waals surface area contributed by atoms with Crippen LogP contribution in [-0.2, 0) is 47.7 Å². The third kappa shape index (κ3) is 35.7. The first-order chi connectivity index (χ1) is 30.4. The number of ether oxygens (including phenoxy) is 5. The zero-order chi connectivity index (χ0) is 46.8. The van der Waals surface area contributed by atoms with E-state index in [9.17, 15) is 24.0 Å². The lowest BCUT2D eigenvalue weighted by Gasteiger charge is -2.25. The molecule has 0 aliphatic rings. The number of nitrogens with one attached hydrogen (secondary N) is 4. The molecule has 0 saturated carbocycles. The lowest BCUT2D eigenvalue weighted by molar-refractivity contribution is -0.156. The summed E-state index contributed by atoms with van der Waals surface area (Å²) >= 11 is 0. The molecule has 0 aliphatic carbocycles. The van der Waals surface area contributed by atoms with Crippen LogP contribution < -0.4 is 21.3 Å². The van der Waals surface area contributed by atoms with Crippen molar-refractivity contribution in [2.45, 2.75) is 122 Å². The zero-order valence-electron chi connectivity index (χ0n) is 36.9. The minimum Gasteiger partial charge on any atom is -0.460 e. The van der Waals surface area contributed by atoms with Crippen molar-refractivity contribution in [1.82, 2.24) is 21.3 Å². The SMILES string of the molecule is CC(C)(C)OC(=O)CCOCCOCCOCCOCCNC(=O)[C@H](CCCCN=[N+]=[N-])NC(=O)[C@H](CCCCN=[N+]=[N-])NC(=O)[C@H](CCCCN=[N+]=[N-])NC(=O)CCCN=[N+]=[N-]. The predicted molar refractivity (Wildman–Crippen MR) is 229 cm³/mol. The molecule has 0 aliphatic heterocycles. The van der Waals surface area contributed by atoms with E-state index in [1.807, 2.05) is 0 Å². The van der Waals surface area contributed by atoms with Crippen molar-refractivity contribution in [3.63, 3.8) is 0 Å². The maximum absolute atomic E-state index is 13.8. The third-order valence-electron chi connectivity index (χ3n) is 8.37. The fourth-order valence-electron chi connectivity index (χ4n) is 5.38. The summed E-state index contributed by atoms with van der Waals surface area (Å²) in [7, 11) is 0. The molecule has 26 nitrogen and oxygen atoms in total. The fraction of sp³-hybridized carbons (Fsp3) is 0.865. The number of amides is 4. The van der Waals surface area contributed by atoms with Gasteiger partial charge in [0.25, 0.3) is 0 Å². The number of carbonyl (C=O) groups is 5. The van der Waals surface area contributed by atoms with Crippen LogP contribution in [0.4, 0.5) is 0 Å². The quantitative estimate of drug-likeness (QED) is 0.0212. The number of nitrogens with zero attached hydrogens (tertiary/aromatic N) is 12. The molecule has 63 heavy (non-hydrogen) atoms. The Hall–Kier alpha value is -5.57. The molecule has 3 atom stereocenters. The molecule has 0 aromatic rings. The standard InChI is InChI=1S/C37H66N16O10/c1-37(2,3)63-33(55)15-21-59-23-25-61-27-28-62-26-24-60-22-20-42-34(56)29(11-4-7-16-43-50-38)48-36(58)31(13-6-9-18-45-52-40)49-35(57)30(12-5-8-17-44-51-39)47-32(54)14-10-19-46-53-41/h29-31H,4-28H2,1-3H3,(H,42,56)(H,47,54)(H,48,58)(H,49,57)/t29-,30-,31-/m0/s1. The van der Waals surface area contributed by atoms with E-state index in [0.29, 0.717) is 65.0 Å². The van der Waals surface area contributed by atoms with Gasteiger partial charge in [0.15, 0.2) is 0 Å². The topological polar surface area (TPSA) is 375 Å². The molecule has 0 saturated heterocycles. The van der Waals surface area contributed by atoms with Crippen LogP contribution in [0.15, 0.2) is 20.5 Å². The molecule has 0 aromatic heterocycles. The van der Waals surface area contributed by atoms with E-state index in [4.69, 9.17) is 45.8 Å². The minimum atomic E-state index is -1.15. The van der Waals surface area contributed by atoms with Gasteiger partial charge in [-0.3, -0.25) is 24.0 Å². The lowest BCUT2D eigenvalue weighted by atomic mass is 10.0. The highest BCUT2D eigenvalue weighted by molar-refractivity contribution is 5.94. The van der Waals surface area contributed by atoms with Crippen LogP contribution in [-0.4, -0.2) is 139 Å². The van der Waals surface area contributed by atoms with Crippen LogP contribution in [0.5, 0.6) is 0 Å². The summed E-state index contributed by atoms with van der Waals surface area (Å²) in [5.41, 5.74) is 33.8. The summed E-state index contributed by atoms with van der Waals surface area (Å²) < 4.78 is 27.1. The van der Waals surface area contributed by atoms with Crippen LogP contribution in [0.3, 0.4) is 0 Å². The maximum atomic E-state index is 13.8. The second kappa shape index (κ2) is 39.3. The van der Waals surface area contributed by atoms with Gasteiger partial charge in [0.2, 0.25) is 23.6 Å². The molecule has 0 radical (unpaired) electrons. The van der Waals surface area contributed by atoms with Crippen molar-refractivity contribution in [2.75, 3.05) is 85.6 Å². The Morgan fingerprint density at radius 2 is 0.873 bits per heavy atom. The van der Waals surface area contributed by atoms with Crippen LogP contribution in [0.1, 0.15) is 97.8 Å². The van der Waals surface area contributed by atoms with Crippen molar-refractivity contribution in [2.24, 2.45) is 20.5 Å². The Kier molecular flexibility index (Phi) is 35.8. The van der Waals surface area contributed by atoms with E-state index in [1.165, 1.54) is 0 Å². The van der Waals surface area contributed by atoms with E-state index in [-0.39, 0.29) is 104 Å². The molecule has 0 fully saturated rings.